The summed E-state index contributed by atoms with van der Waals surface area (Å²) in [5, 5.41) is 0. The molecule has 1 amide bonds. The average Bonchev–Trinajstić information content (AvgIpc) is 2.79. The van der Waals surface area contributed by atoms with E-state index in [2.05, 4.69) is 9.71 Å². The van der Waals surface area contributed by atoms with Gasteiger partial charge in [0.15, 0.2) is 0 Å². The minimum absolute atomic E-state index is 0.174. The van der Waals surface area contributed by atoms with Crippen molar-refractivity contribution in [2.24, 2.45) is 0 Å². The summed E-state index contributed by atoms with van der Waals surface area (Å²) in [6, 6.07) is -0.381. The van der Waals surface area contributed by atoms with Gasteiger partial charge in [-0.05, 0) is 12.8 Å². The summed E-state index contributed by atoms with van der Waals surface area (Å²) in [5.41, 5.74) is 0. The molecule has 1 saturated heterocycles. The highest BCUT2D eigenvalue weighted by Gasteiger charge is 2.26. The lowest BCUT2D eigenvalue weighted by molar-refractivity contribution is 0.179. The van der Waals surface area contributed by atoms with E-state index in [0.29, 0.717) is 13.1 Å². The number of nitrogens with one attached hydrogen (secondary N) is 1. The highest BCUT2D eigenvalue weighted by atomic mass is 32.2. The Balaban J connectivity index is 2.01. The molecule has 1 N–H and O–H groups in total. The van der Waals surface area contributed by atoms with Crippen molar-refractivity contribution in [3.05, 3.63) is 18.7 Å². The van der Waals surface area contributed by atoms with Gasteiger partial charge >= 0.3 is 6.03 Å². The van der Waals surface area contributed by atoms with Crippen LogP contribution in [0.5, 0.6) is 0 Å². The van der Waals surface area contributed by atoms with Gasteiger partial charge in [0.2, 0.25) is 10.0 Å². The smallest absolute Gasteiger partial charge is 0.322 e. The molecular weight excluding hydrogens is 256 g/mol. The van der Waals surface area contributed by atoms with Crippen LogP contribution in [0.25, 0.3) is 0 Å². The number of amides is 1. The van der Waals surface area contributed by atoms with Gasteiger partial charge in [-0.1, -0.05) is 0 Å². The van der Waals surface area contributed by atoms with Gasteiger partial charge in [0, 0.05) is 31.5 Å². The van der Waals surface area contributed by atoms with Crippen molar-refractivity contribution in [2.45, 2.75) is 18.9 Å². The molecule has 1 aliphatic heterocycles. The SMILES string of the molecule is CS(=O)(=O)NC1CCCN(C(=O)n2ccnc2)C1. The molecule has 1 aromatic heterocycles. The standard InChI is InChI=1S/C10H16N4O3S/c1-18(16,17)12-9-3-2-5-13(7-9)10(15)14-6-4-11-8-14/h4,6,8-9,12H,2-3,5,7H2,1H3. The van der Waals surface area contributed by atoms with Crippen molar-refractivity contribution in [1.82, 2.24) is 19.2 Å². The molecule has 8 heteroatoms. The minimum Gasteiger partial charge on any atom is -0.322 e. The van der Waals surface area contributed by atoms with Crippen molar-refractivity contribution < 1.29 is 13.2 Å². The zero-order chi connectivity index (χ0) is 13.2. The maximum atomic E-state index is 12.0. The van der Waals surface area contributed by atoms with Crippen LogP contribution in [-0.4, -0.2) is 54.3 Å². The number of nitrogens with zero attached hydrogens (tertiary/aromatic N) is 3. The molecule has 1 aromatic rings. The van der Waals surface area contributed by atoms with E-state index in [9.17, 15) is 13.2 Å². The lowest BCUT2D eigenvalue weighted by Gasteiger charge is -2.32. The van der Waals surface area contributed by atoms with E-state index < -0.39 is 10.0 Å². The maximum absolute atomic E-state index is 12.0. The van der Waals surface area contributed by atoms with Gasteiger partial charge in [-0.15, -0.1) is 0 Å². The third-order valence-corrected chi connectivity index (χ3v) is 3.56. The Morgan fingerprint density at radius 3 is 2.89 bits per heavy atom. The first-order valence-corrected chi connectivity index (χ1v) is 7.59. The molecule has 0 saturated carbocycles. The van der Waals surface area contributed by atoms with Crippen LogP contribution in [0, 0.1) is 0 Å². The van der Waals surface area contributed by atoms with Gasteiger partial charge in [-0.2, -0.15) is 0 Å². The van der Waals surface area contributed by atoms with Gasteiger partial charge in [-0.25, -0.2) is 22.9 Å². The van der Waals surface area contributed by atoms with Crippen LogP contribution in [0.1, 0.15) is 12.8 Å². The van der Waals surface area contributed by atoms with E-state index in [1.165, 1.54) is 17.1 Å². The summed E-state index contributed by atoms with van der Waals surface area (Å²) >= 11 is 0. The number of sulfonamides is 1. The minimum atomic E-state index is -3.23. The predicted octanol–water partition coefficient (Wildman–Crippen LogP) is -0.135. The normalized spacial score (nSPS) is 20.9. The zero-order valence-electron chi connectivity index (χ0n) is 10.1. The summed E-state index contributed by atoms with van der Waals surface area (Å²) < 4.78 is 26.3. The van der Waals surface area contributed by atoms with Crippen LogP contribution < -0.4 is 4.72 Å². The summed E-state index contributed by atoms with van der Waals surface area (Å²) in [5.74, 6) is 0. The van der Waals surface area contributed by atoms with E-state index in [-0.39, 0.29) is 12.1 Å². The molecule has 1 fully saturated rings. The molecule has 0 radical (unpaired) electrons. The van der Waals surface area contributed by atoms with Crippen LogP contribution in [0.15, 0.2) is 18.7 Å². The summed E-state index contributed by atoms with van der Waals surface area (Å²) in [4.78, 5) is 17.5. The highest BCUT2D eigenvalue weighted by Crippen LogP contribution is 2.12. The van der Waals surface area contributed by atoms with Crippen LogP contribution in [0.4, 0.5) is 4.79 Å². The lowest BCUT2D eigenvalue weighted by atomic mass is 10.1. The monoisotopic (exact) mass is 272 g/mol. The molecule has 0 spiro atoms. The summed E-state index contributed by atoms with van der Waals surface area (Å²) in [6.45, 7) is 1.03. The molecular formula is C10H16N4O3S. The van der Waals surface area contributed by atoms with Gasteiger partial charge in [0.25, 0.3) is 0 Å². The second kappa shape index (κ2) is 5.07. The van der Waals surface area contributed by atoms with Crippen molar-refractivity contribution in [1.29, 1.82) is 0 Å². The van der Waals surface area contributed by atoms with Gasteiger partial charge in [0.1, 0.15) is 6.33 Å². The number of hydrogen-bond donors (Lipinski definition) is 1. The number of likely N-dealkylation sites (tertiary alicyclic amines) is 1. The van der Waals surface area contributed by atoms with Gasteiger partial charge in [-0.3, -0.25) is 4.57 Å². The Kier molecular flexibility index (Phi) is 3.67. The van der Waals surface area contributed by atoms with Crippen LogP contribution >= 0.6 is 0 Å². The van der Waals surface area contributed by atoms with Crippen LogP contribution in [0.3, 0.4) is 0 Å². The fourth-order valence-electron chi connectivity index (χ4n) is 2.09. The molecule has 18 heavy (non-hydrogen) atoms. The lowest BCUT2D eigenvalue weighted by Crippen LogP contribution is -2.50. The Labute approximate surface area is 106 Å². The maximum Gasteiger partial charge on any atom is 0.329 e. The number of carbonyl (C=O) groups is 1. The largest absolute Gasteiger partial charge is 0.329 e. The average molecular weight is 272 g/mol. The van der Waals surface area contributed by atoms with E-state index in [1.807, 2.05) is 0 Å². The molecule has 2 heterocycles. The van der Waals surface area contributed by atoms with E-state index >= 15 is 0 Å². The van der Waals surface area contributed by atoms with Crippen molar-refractivity contribution in [3.63, 3.8) is 0 Å². The Morgan fingerprint density at radius 2 is 2.28 bits per heavy atom. The summed E-state index contributed by atoms with van der Waals surface area (Å²) in [6.07, 6.45) is 7.22. The van der Waals surface area contributed by atoms with Gasteiger partial charge < -0.3 is 4.90 Å². The van der Waals surface area contributed by atoms with Crippen LogP contribution in [0.2, 0.25) is 0 Å². The van der Waals surface area contributed by atoms with E-state index in [4.69, 9.17) is 0 Å². The number of rotatable bonds is 2. The molecule has 7 nitrogen and oxygen atoms in total. The Bertz CT molecular complexity index is 511. The molecule has 1 atom stereocenters. The molecule has 0 aromatic carbocycles. The van der Waals surface area contributed by atoms with Gasteiger partial charge in [0.05, 0.1) is 6.26 Å². The van der Waals surface area contributed by atoms with E-state index in [1.54, 1.807) is 11.1 Å². The van der Waals surface area contributed by atoms with Crippen molar-refractivity contribution in [2.75, 3.05) is 19.3 Å². The second-order valence-electron chi connectivity index (χ2n) is 4.43. The predicted molar refractivity (Wildman–Crippen MR) is 65.6 cm³/mol. The molecule has 1 aliphatic rings. The first-order valence-electron chi connectivity index (χ1n) is 5.70. The zero-order valence-corrected chi connectivity index (χ0v) is 10.9. The highest BCUT2D eigenvalue weighted by molar-refractivity contribution is 7.88. The molecule has 2 rings (SSSR count). The number of imidazole rings is 1. The molecule has 1 unspecified atom stereocenters. The molecule has 0 aliphatic carbocycles. The molecule has 100 valence electrons. The number of piperidine rings is 1. The second-order valence-corrected chi connectivity index (χ2v) is 6.21. The quantitative estimate of drug-likeness (QED) is 0.812. The number of hydrogen-bond acceptors (Lipinski definition) is 4. The number of aromatic nitrogens is 2. The topological polar surface area (TPSA) is 84.3 Å². The van der Waals surface area contributed by atoms with E-state index in [0.717, 1.165) is 19.1 Å². The summed E-state index contributed by atoms with van der Waals surface area (Å²) in [7, 11) is -3.23. The Hall–Kier alpha value is -1.41. The van der Waals surface area contributed by atoms with Crippen LogP contribution in [-0.2, 0) is 10.0 Å². The fourth-order valence-corrected chi connectivity index (χ4v) is 2.88. The Morgan fingerprint density at radius 1 is 1.50 bits per heavy atom. The molecule has 0 bridgehead atoms. The fraction of sp³-hybridized carbons (Fsp3) is 0.600. The van der Waals surface area contributed by atoms with Crippen molar-refractivity contribution >= 4 is 16.1 Å². The first kappa shape index (κ1) is 13.0. The third-order valence-electron chi connectivity index (χ3n) is 2.80. The van der Waals surface area contributed by atoms with Crippen molar-refractivity contribution in [3.8, 4) is 0 Å². The number of carbonyl (C=O) groups excluding carboxylic acids is 1. The third kappa shape index (κ3) is 3.30. The first-order chi connectivity index (χ1) is 8.46.